The van der Waals surface area contributed by atoms with E-state index >= 15 is 13.2 Å². The summed E-state index contributed by atoms with van der Waals surface area (Å²) in [5.74, 6) is -2.03. The van der Waals surface area contributed by atoms with E-state index in [1.807, 2.05) is 0 Å². The fourth-order valence-corrected chi connectivity index (χ4v) is 6.86. The van der Waals surface area contributed by atoms with Crippen LogP contribution in [-0.4, -0.2) is 60.2 Å². The van der Waals surface area contributed by atoms with Gasteiger partial charge in [0.2, 0.25) is 0 Å². The molecule has 4 aromatic rings. The summed E-state index contributed by atoms with van der Waals surface area (Å²) in [5.41, 5.74) is 1.14. The van der Waals surface area contributed by atoms with Crippen molar-refractivity contribution in [2.24, 2.45) is 5.14 Å². The number of benzene rings is 2. The lowest BCUT2D eigenvalue weighted by molar-refractivity contribution is 0.387. The predicted molar refractivity (Wildman–Crippen MR) is 154 cm³/mol. The molecule has 1 unspecified atom stereocenters. The third-order valence-corrected chi connectivity index (χ3v) is 8.94. The Labute approximate surface area is 245 Å². The number of pyridine rings is 1. The first kappa shape index (κ1) is 28.6. The Bertz CT molecular complexity index is 1750. The van der Waals surface area contributed by atoms with Crippen LogP contribution in [0.1, 0.15) is 24.4 Å². The maximum atomic E-state index is 16.3. The summed E-state index contributed by atoms with van der Waals surface area (Å²) in [4.78, 5) is 5.79. The van der Waals surface area contributed by atoms with Crippen LogP contribution < -0.4 is 15.4 Å². The van der Waals surface area contributed by atoms with E-state index in [4.69, 9.17) is 16.7 Å². The molecule has 6 rings (SSSR count). The molecule has 3 N–H and O–H groups in total. The van der Waals surface area contributed by atoms with Gasteiger partial charge in [0.1, 0.15) is 23.0 Å². The normalized spacial score (nSPS) is 18.1. The summed E-state index contributed by atoms with van der Waals surface area (Å²) in [6.45, 7) is 2.54. The minimum absolute atomic E-state index is 0.0233. The van der Waals surface area contributed by atoms with E-state index in [0.29, 0.717) is 44.6 Å². The smallest absolute Gasteiger partial charge is 0.277 e. The van der Waals surface area contributed by atoms with Gasteiger partial charge in [-0.2, -0.15) is 17.8 Å². The molecule has 4 heterocycles. The Balaban J connectivity index is 1.49. The monoisotopic (exact) mass is 617 g/mol. The number of nitrogens with zero attached hydrogens (tertiary/aromatic N) is 5. The van der Waals surface area contributed by atoms with Crippen LogP contribution in [0.25, 0.3) is 28.1 Å². The van der Waals surface area contributed by atoms with Crippen molar-refractivity contribution >= 4 is 27.5 Å². The zero-order valence-corrected chi connectivity index (χ0v) is 23.8. The predicted octanol–water partition coefficient (Wildman–Crippen LogP) is 4.42. The van der Waals surface area contributed by atoms with Crippen LogP contribution >= 0.6 is 11.6 Å². The summed E-state index contributed by atoms with van der Waals surface area (Å²) in [6.07, 6.45) is 5.32. The number of aromatic nitrogens is 3. The molecule has 0 amide bonds. The summed E-state index contributed by atoms with van der Waals surface area (Å²) < 4.78 is 73.8. The summed E-state index contributed by atoms with van der Waals surface area (Å²) in [5, 5.41) is 13.3. The number of rotatable bonds is 6. The first-order valence-corrected chi connectivity index (χ1v) is 15.2. The van der Waals surface area contributed by atoms with Gasteiger partial charge in [0.25, 0.3) is 10.2 Å². The van der Waals surface area contributed by atoms with Crippen molar-refractivity contribution in [1.82, 2.24) is 24.4 Å². The van der Waals surface area contributed by atoms with Gasteiger partial charge in [-0.05, 0) is 37.1 Å². The standard InChI is InChI=1S/C28H27ClF3N7O2S/c29-18-12-19(27(32)20(13-18)24-2-1-9-39(24)42(33,40)41)21-16-38(36-28(21)17-3-5-34-6-4-17)26-15-22(30)25(14-23(26)31)37-10-7-35-8-11-37/h3-6,12-16,24,35H,1-2,7-11H2,(H2,33,40,41). The van der Waals surface area contributed by atoms with Crippen molar-refractivity contribution in [3.63, 3.8) is 0 Å². The fraction of sp³-hybridized carbons (Fsp3) is 0.286. The maximum Gasteiger partial charge on any atom is 0.277 e. The van der Waals surface area contributed by atoms with Crippen LogP contribution in [0.5, 0.6) is 0 Å². The van der Waals surface area contributed by atoms with Crippen molar-refractivity contribution in [2.75, 3.05) is 37.6 Å². The highest BCUT2D eigenvalue weighted by Crippen LogP contribution is 2.42. The first-order valence-electron chi connectivity index (χ1n) is 13.4. The Morgan fingerprint density at radius 2 is 1.64 bits per heavy atom. The van der Waals surface area contributed by atoms with Gasteiger partial charge in [-0.25, -0.2) is 23.0 Å². The van der Waals surface area contributed by atoms with E-state index in [1.54, 1.807) is 17.0 Å². The number of piperazine rings is 1. The molecule has 0 bridgehead atoms. The number of halogens is 4. The second kappa shape index (κ2) is 11.3. The molecule has 2 aromatic carbocycles. The van der Waals surface area contributed by atoms with Crippen LogP contribution in [-0.2, 0) is 10.2 Å². The summed E-state index contributed by atoms with van der Waals surface area (Å²) in [6, 6.07) is 7.46. The second-order valence-electron chi connectivity index (χ2n) is 10.2. The molecule has 2 aliphatic rings. The Morgan fingerprint density at radius 1 is 0.952 bits per heavy atom. The van der Waals surface area contributed by atoms with Gasteiger partial charge < -0.3 is 10.2 Å². The minimum atomic E-state index is -4.09. The lowest BCUT2D eigenvalue weighted by Gasteiger charge is -2.29. The number of hydrogen-bond donors (Lipinski definition) is 2. The number of hydrogen-bond acceptors (Lipinski definition) is 6. The van der Waals surface area contributed by atoms with Gasteiger partial charge in [-0.15, -0.1) is 0 Å². The van der Waals surface area contributed by atoms with Crippen molar-refractivity contribution < 1.29 is 21.6 Å². The topological polar surface area (TPSA) is 109 Å². The third kappa shape index (κ3) is 5.38. The molecule has 2 saturated heterocycles. The first-order chi connectivity index (χ1) is 20.1. The summed E-state index contributed by atoms with van der Waals surface area (Å²) in [7, 11) is -4.09. The second-order valence-corrected chi connectivity index (χ2v) is 12.2. The molecule has 0 spiro atoms. The Kier molecular flexibility index (Phi) is 7.70. The quantitative estimate of drug-likeness (QED) is 0.332. The molecule has 14 heteroatoms. The molecule has 0 radical (unpaired) electrons. The molecule has 0 saturated carbocycles. The molecule has 2 fully saturated rings. The number of anilines is 1. The lowest BCUT2D eigenvalue weighted by atomic mass is 9.96. The average Bonchev–Trinajstić information content (AvgIpc) is 3.64. The van der Waals surface area contributed by atoms with Crippen molar-refractivity contribution in [2.45, 2.75) is 18.9 Å². The van der Waals surface area contributed by atoms with Crippen LogP contribution in [0.3, 0.4) is 0 Å². The van der Waals surface area contributed by atoms with E-state index in [2.05, 4.69) is 15.4 Å². The zero-order chi connectivity index (χ0) is 29.6. The number of nitrogens with two attached hydrogens (primary N) is 1. The van der Waals surface area contributed by atoms with Crippen LogP contribution in [0.2, 0.25) is 5.02 Å². The molecule has 42 heavy (non-hydrogen) atoms. The van der Waals surface area contributed by atoms with Crippen LogP contribution in [0.4, 0.5) is 18.9 Å². The third-order valence-electron chi connectivity index (χ3n) is 7.63. The fourth-order valence-electron chi connectivity index (χ4n) is 5.67. The highest BCUT2D eigenvalue weighted by molar-refractivity contribution is 7.86. The number of nitrogens with one attached hydrogen (secondary N) is 1. The van der Waals surface area contributed by atoms with Crippen molar-refractivity contribution in [3.8, 4) is 28.1 Å². The van der Waals surface area contributed by atoms with Crippen molar-refractivity contribution in [1.29, 1.82) is 0 Å². The van der Waals surface area contributed by atoms with Crippen molar-refractivity contribution in [3.05, 3.63) is 83.0 Å². The molecule has 220 valence electrons. The Hall–Kier alpha value is -3.49. The van der Waals surface area contributed by atoms with E-state index in [-0.39, 0.29) is 45.3 Å². The maximum absolute atomic E-state index is 16.3. The largest absolute Gasteiger partial charge is 0.367 e. The zero-order valence-electron chi connectivity index (χ0n) is 22.3. The molecular formula is C28H27ClF3N7O2S. The van der Waals surface area contributed by atoms with E-state index < -0.39 is 33.7 Å². The molecule has 1 atom stereocenters. The van der Waals surface area contributed by atoms with Crippen LogP contribution in [0.15, 0.2) is 55.0 Å². The van der Waals surface area contributed by atoms with Gasteiger partial charge in [-0.1, -0.05) is 11.6 Å². The Morgan fingerprint density at radius 3 is 2.36 bits per heavy atom. The highest BCUT2D eigenvalue weighted by atomic mass is 35.5. The highest BCUT2D eigenvalue weighted by Gasteiger charge is 2.36. The SMILES string of the molecule is NS(=O)(=O)N1CCCC1c1cc(Cl)cc(-c2cn(-c3cc(F)c(N4CCNCC4)cc3F)nc2-c2ccncc2)c1F. The van der Waals surface area contributed by atoms with E-state index in [1.165, 1.54) is 30.7 Å². The van der Waals surface area contributed by atoms with Gasteiger partial charge in [0.05, 0.1) is 11.7 Å². The minimum Gasteiger partial charge on any atom is -0.367 e. The molecule has 2 aromatic heterocycles. The van der Waals surface area contributed by atoms with Crippen LogP contribution in [0, 0.1) is 17.5 Å². The molecule has 9 nitrogen and oxygen atoms in total. The van der Waals surface area contributed by atoms with E-state index in [9.17, 15) is 8.42 Å². The molecule has 2 aliphatic heterocycles. The summed E-state index contributed by atoms with van der Waals surface area (Å²) >= 11 is 6.45. The molecule has 0 aliphatic carbocycles. The lowest BCUT2D eigenvalue weighted by Crippen LogP contribution is -2.44. The van der Waals surface area contributed by atoms with Gasteiger partial charge in [0.15, 0.2) is 5.82 Å². The van der Waals surface area contributed by atoms with Gasteiger partial charge in [0, 0.05) is 90.7 Å². The van der Waals surface area contributed by atoms with Gasteiger partial charge in [-0.3, -0.25) is 4.98 Å². The molecular weight excluding hydrogens is 591 g/mol. The van der Waals surface area contributed by atoms with E-state index in [0.717, 1.165) is 21.1 Å². The average molecular weight is 618 g/mol. The van der Waals surface area contributed by atoms with Gasteiger partial charge >= 0.3 is 0 Å².